The van der Waals surface area contributed by atoms with E-state index in [1.165, 1.54) is 11.3 Å². The average molecular weight is 418 g/mol. The number of nitrogens with one attached hydrogen (secondary N) is 1. The van der Waals surface area contributed by atoms with Crippen LogP contribution < -0.4 is 5.32 Å². The number of carbonyl (C=O) groups excluding carboxylic acids is 2. The maximum absolute atomic E-state index is 12.7. The number of hydrogen-bond acceptors (Lipinski definition) is 5. The van der Waals surface area contributed by atoms with Crippen LogP contribution in [0.1, 0.15) is 25.0 Å². The molecule has 0 saturated carbocycles. The van der Waals surface area contributed by atoms with E-state index in [0.29, 0.717) is 57.6 Å². The van der Waals surface area contributed by atoms with Crippen LogP contribution in [0, 0.1) is 0 Å². The van der Waals surface area contributed by atoms with Crippen molar-refractivity contribution in [1.29, 1.82) is 0 Å². The molecule has 4 amide bonds. The van der Waals surface area contributed by atoms with Crippen LogP contribution in [-0.4, -0.2) is 84.2 Å². The Morgan fingerprint density at radius 2 is 1.76 bits per heavy atom. The molecule has 3 heterocycles. The van der Waals surface area contributed by atoms with Crippen LogP contribution in [0.5, 0.6) is 0 Å². The van der Waals surface area contributed by atoms with Crippen LogP contribution in [0.15, 0.2) is 23.6 Å². The number of nitrogens with zero attached hydrogens (tertiary/aromatic N) is 4. The molecule has 0 radical (unpaired) electrons. The highest BCUT2D eigenvalue weighted by atomic mass is 32.1. The summed E-state index contributed by atoms with van der Waals surface area (Å²) in [6.07, 6.45) is 9.27. The van der Waals surface area contributed by atoms with Crippen molar-refractivity contribution in [3.05, 3.63) is 29.3 Å². The van der Waals surface area contributed by atoms with Gasteiger partial charge in [0.25, 0.3) is 0 Å². The van der Waals surface area contributed by atoms with Gasteiger partial charge in [-0.2, -0.15) is 0 Å². The van der Waals surface area contributed by atoms with Gasteiger partial charge in [-0.15, -0.1) is 11.3 Å². The molecule has 3 aliphatic rings. The van der Waals surface area contributed by atoms with Gasteiger partial charge in [0.15, 0.2) is 5.13 Å². The standard InChI is InChI=1S/C20H27N5O3S/c26-19(22-18-21-17(15-29-18)16-5-2-1-3-6-16)23-7-4-8-24(10-9-23)20(27)25-11-13-28-14-12-25/h2,5-6,15H,1,3-4,7-14H2,(H,21,22,26). The molecule has 4 rings (SSSR count). The fourth-order valence-corrected chi connectivity index (χ4v) is 4.41. The molecule has 9 heteroatoms. The van der Waals surface area contributed by atoms with Crippen molar-refractivity contribution in [1.82, 2.24) is 19.7 Å². The van der Waals surface area contributed by atoms with Crippen molar-refractivity contribution in [2.24, 2.45) is 0 Å². The molecule has 1 aromatic heterocycles. The summed E-state index contributed by atoms with van der Waals surface area (Å²) >= 11 is 1.44. The van der Waals surface area contributed by atoms with Gasteiger partial charge >= 0.3 is 12.1 Å². The van der Waals surface area contributed by atoms with Gasteiger partial charge < -0.3 is 19.4 Å². The van der Waals surface area contributed by atoms with Crippen molar-refractivity contribution in [2.75, 3.05) is 57.8 Å². The summed E-state index contributed by atoms with van der Waals surface area (Å²) in [5, 5.41) is 5.50. The number of aromatic nitrogens is 1. The number of allylic oxidation sites excluding steroid dienone is 4. The lowest BCUT2D eigenvalue weighted by Crippen LogP contribution is -2.49. The minimum atomic E-state index is -0.153. The van der Waals surface area contributed by atoms with E-state index in [4.69, 9.17) is 4.74 Å². The summed E-state index contributed by atoms with van der Waals surface area (Å²) in [7, 11) is 0. The lowest BCUT2D eigenvalue weighted by Gasteiger charge is -2.32. The second-order valence-electron chi connectivity index (χ2n) is 7.32. The van der Waals surface area contributed by atoms with Crippen molar-refractivity contribution >= 4 is 34.1 Å². The number of hydrogen-bond donors (Lipinski definition) is 1. The Balaban J connectivity index is 1.30. The van der Waals surface area contributed by atoms with E-state index in [0.717, 1.165) is 30.5 Å². The monoisotopic (exact) mass is 417 g/mol. The van der Waals surface area contributed by atoms with E-state index < -0.39 is 0 Å². The van der Waals surface area contributed by atoms with Crippen LogP contribution in [0.4, 0.5) is 14.7 Å². The van der Waals surface area contributed by atoms with Gasteiger partial charge in [-0.05, 0) is 24.8 Å². The van der Waals surface area contributed by atoms with E-state index in [2.05, 4.69) is 28.5 Å². The van der Waals surface area contributed by atoms with Crippen molar-refractivity contribution in [2.45, 2.75) is 19.3 Å². The van der Waals surface area contributed by atoms with E-state index in [1.807, 2.05) is 15.2 Å². The Bertz CT molecular complexity index is 800. The van der Waals surface area contributed by atoms with Crippen LogP contribution in [0.3, 0.4) is 0 Å². The zero-order valence-electron chi connectivity index (χ0n) is 16.5. The maximum Gasteiger partial charge on any atom is 0.323 e. The Morgan fingerprint density at radius 1 is 1.00 bits per heavy atom. The van der Waals surface area contributed by atoms with Gasteiger partial charge in [-0.25, -0.2) is 14.6 Å². The Hall–Kier alpha value is -2.39. The third kappa shape index (κ3) is 4.97. The van der Waals surface area contributed by atoms with Gasteiger partial charge in [-0.3, -0.25) is 5.32 Å². The van der Waals surface area contributed by atoms with Crippen LogP contribution in [0.25, 0.3) is 5.57 Å². The highest BCUT2D eigenvalue weighted by Gasteiger charge is 2.26. The van der Waals surface area contributed by atoms with E-state index in [1.54, 1.807) is 4.90 Å². The smallest absolute Gasteiger partial charge is 0.323 e. The zero-order valence-corrected chi connectivity index (χ0v) is 17.3. The quantitative estimate of drug-likeness (QED) is 0.803. The lowest BCUT2D eigenvalue weighted by atomic mass is 10.1. The summed E-state index contributed by atoms with van der Waals surface area (Å²) < 4.78 is 5.32. The summed E-state index contributed by atoms with van der Waals surface area (Å²) in [6.45, 7) is 4.83. The van der Waals surface area contributed by atoms with Crippen molar-refractivity contribution in [3.8, 4) is 0 Å². The molecule has 0 bridgehead atoms. The number of anilines is 1. The molecule has 2 aliphatic heterocycles. The number of carbonyl (C=O) groups is 2. The van der Waals surface area contributed by atoms with Gasteiger partial charge in [0.05, 0.1) is 18.9 Å². The molecule has 1 aromatic rings. The number of thiazole rings is 1. The molecule has 0 aromatic carbocycles. The number of ether oxygens (including phenoxy) is 1. The first-order chi connectivity index (χ1) is 14.2. The van der Waals surface area contributed by atoms with Gasteiger partial charge in [0, 0.05) is 44.6 Å². The van der Waals surface area contributed by atoms with Crippen molar-refractivity contribution < 1.29 is 14.3 Å². The van der Waals surface area contributed by atoms with Gasteiger partial charge in [0.2, 0.25) is 0 Å². The second-order valence-corrected chi connectivity index (χ2v) is 8.17. The van der Waals surface area contributed by atoms with Gasteiger partial charge in [-0.1, -0.05) is 18.2 Å². The summed E-state index contributed by atoms with van der Waals surface area (Å²) in [4.78, 5) is 35.4. The number of morpholine rings is 1. The molecule has 1 aliphatic carbocycles. The third-order valence-corrected chi connectivity index (χ3v) is 6.10. The lowest BCUT2D eigenvalue weighted by molar-refractivity contribution is 0.0437. The molecular weight excluding hydrogens is 390 g/mol. The van der Waals surface area contributed by atoms with Crippen LogP contribution in [0.2, 0.25) is 0 Å². The maximum atomic E-state index is 12.7. The van der Waals surface area contributed by atoms with E-state index in [-0.39, 0.29) is 12.1 Å². The first-order valence-electron chi connectivity index (χ1n) is 10.2. The third-order valence-electron chi connectivity index (χ3n) is 5.34. The van der Waals surface area contributed by atoms with Gasteiger partial charge in [0.1, 0.15) is 0 Å². The number of rotatable bonds is 2. The molecule has 29 heavy (non-hydrogen) atoms. The SMILES string of the molecule is O=C(Nc1nc(C2=CCCC=C2)cs1)N1CCCN(C(=O)N2CCOCC2)CC1. The molecular formula is C20H27N5O3S. The molecule has 8 nitrogen and oxygen atoms in total. The van der Waals surface area contributed by atoms with E-state index in [9.17, 15) is 9.59 Å². The number of urea groups is 2. The molecule has 156 valence electrons. The minimum Gasteiger partial charge on any atom is -0.378 e. The molecule has 2 fully saturated rings. The molecule has 0 unspecified atom stereocenters. The van der Waals surface area contributed by atoms with Crippen molar-refractivity contribution in [3.63, 3.8) is 0 Å². The summed E-state index contributed by atoms with van der Waals surface area (Å²) in [5.74, 6) is 0. The minimum absolute atomic E-state index is 0.0499. The normalized spacial score (nSPS) is 20.3. The van der Waals surface area contributed by atoms with Crippen LogP contribution in [-0.2, 0) is 4.74 Å². The summed E-state index contributed by atoms with van der Waals surface area (Å²) in [6, 6.07) is -0.103. The molecule has 2 saturated heterocycles. The average Bonchev–Trinajstić information content (AvgIpc) is 3.09. The molecule has 0 spiro atoms. The summed E-state index contributed by atoms with van der Waals surface area (Å²) in [5.41, 5.74) is 2.01. The zero-order chi connectivity index (χ0) is 20.1. The Labute approximate surface area is 174 Å². The fourth-order valence-electron chi connectivity index (χ4n) is 3.70. The Kier molecular flexibility index (Phi) is 6.46. The highest BCUT2D eigenvalue weighted by Crippen LogP contribution is 2.25. The number of amides is 4. The Morgan fingerprint density at radius 3 is 2.55 bits per heavy atom. The molecule has 1 N–H and O–H groups in total. The predicted octanol–water partition coefficient (Wildman–Crippen LogP) is 2.87. The van der Waals surface area contributed by atoms with Crippen LogP contribution >= 0.6 is 11.3 Å². The first-order valence-corrected chi connectivity index (χ1v) is 11.1. The predicted molar refractivity (Wildman–Crippen MR) is 113 cm³/mol. The highest BCUT2D eigenvalue weighted by molar-refractivity contribution is 7.14. The molecule has 0 atom stereocenters. The van der Waals surface area contributed by atoms with E-state index >= 15 is 0 Å². The topological polar surface area (TPSA) is 78.0 Å². The largest absolute Gasteiger partial charge is 0.378 e. The second kappa shape index (κ2) is 9.41. The fraction of sp³-hybridized carbons (Fsp3) is 0.550. The first kappa shape index (κ1) is 19.9.